The molecule has 0 saturated heterocycles. The van der Waals surface area contributed by atoms with Crippen LogP contribution in [0.4, 0.5) is 32.8 Å². The summed E-state index contributed by atoms with van der Waals surface area (Å²) in [7, 11) is 0. The normalized spacial score (nSPS) is 11.4. The first-order chi connectivity index (χ1) is 19.9. The van der Waals surface area contributed by atoms with Crippen LogP contribution in [0.1, 0.15) is 57.5 Å². The number of ether oxygens (including phenoxy) is 2. The van der Waals surface area contributed by atoms with Crippen molar-refractivity contribution in [2.24, 2.45) is 4.99 Å². The van der Waals surface area contributed by atoms with Crippen LogP contribution < -0.4 is 15.4 Å². The smallest absolute Gasteiger partial charge is 0.414 e. The second-order valence-electron chi connectivity index (χ2n) is 11.0. The molecule has 0 saturated carbocycles. The highest BCUT2D eigenvalue weighted by Gasteiger charge is 2.31. The Bertz CT molecular complexity index is 1560. The molecule has 228 valence electrons. The van der Waals surface area contributed by atoms with E-state index < -0.39 is 86.5 Å². The molecule has 2 N–H and O–H groups in total. The van der Waals surface area contributed by atoms with E-state index in [-0.39, 0.29) is 4.73 Å². The van der Waals surface area contributed by atoms with Crippen LogP contribution in [0.3, 0.4) is 0 Å². The van der Waals surface area contributed by atoms with Crippen LogP contribution in [0.25, 0.3) is 11.3 Å². The number of halogens is 4. The van der Waals surface area contributed by atoms with Gasteiger partial charge in [0.25, 0.3) is 5.69 Å². The molecule has 1 aromatic heterocycles. The molecule has 10 nitrogen and oxygen atoms in total. The fraction of sp³-hybridized carbons (Fsp3) is 0.276. The number of carbonyl (C=O) groups is 3. The molecule has 3 aromatic rings. The summed E-state index contributed by atoms with van der Waals surface area (Å²) in [5, 5.41) is 17.3. The summed E-state index contributed by atoms with van der Waals surface area (Å²) < 4.78 is 68.5. The summed E-state index contributed by atoms with van der Waals surface area (Å²) in [6.45, 7) is 9.22. The minimum Gasteiger partial charge on any atom is -0.618 e. The minimum atomic E-state index is -1.28. The molecule has 1 heterocycles. The van der Waals surface area contributed by atoms with Crippen molar-refractivity contribution in [1.29, 1.82) is 0 Å². The molecular formula is C29H28F4N4O6. The lowest BCUT2D eigenvalue weighted by atomic mass is 9.98. The molecule has 14 heteroatoms. The van der Waals surface area contributed by atoms with Gasteiger partial charge in [0.1, 0.15) is 40.0 Å². The molecule has 43 heavy (non-hydrogen) atoms. The summed E-state index contributed by atoms with van der Waals surface area (Å²) in [5.41, 5.74) is -5.95. The van der Waals surface area contributed by atoms with Gasteiger partial charge in [0.05, 0.1) is 11.1 Å². The van der Waals surface area contributed by atoms with Crippen molar-refractivity contribution in [3.63, 3.8) is 0 Å². The van der Waals surface area contributed by atoms with E-state index in [1.807, 2.05) is 0 Å². The monoisotopic (exact) mass is 604 g/mol. The van der Waals surface area contributed by atoms with Gasteiger partial charge in [-0.25, -0.2) is 32.1 Å². The lowest BCUT2D eigenvalue weighted by molar-refractivity contribution is -0.593. The van der Waals surface area contributed by atoms with Crippen LogP contribution in [0.5, 0.6) is 0 Å². The third kappa shape index (κ3) is 8.50. The van der Waals surface area contributed by atoms with E-state index in [1.165, 1.54) is 41.5 Å². The van der Waals surface area contributed by atoms with E-state index in [0.717, 1.165) is 42.6 Å². The number of hydrogen-bond acceptors (Lipinski definition) is 7. The number of aromatic nitrogens is 1. The first kappa shape index (κ1) is 32.5. The maximum Gasteiger partial charge on any atom is 0.414 e. The molecule has 3 rings (SSSR count). The van der Waals surface area contributed by atoms with Crippen molar-refractivity contribution in [3.8, 4) is 11.3 Å². The van der Waals surface area contributed by atoms with Crippen molar-refractivity contribution >= 4 is 29.6 Å². The van der Waals surface area contributed by atoms with Gasteiger partial charge in [-0.3, -0.25) is 15.4 Å². The van der Waals surface area contributed by atoms with E-state index in [9.17, 15) is 37.2 Å². The Hall–Kier alpha value is -5.01. The van der Waals surface area contributed by atoms with Crippen LogP contribution in [0.2, 0.25) is 0 Å². The number of nitrogens with one attached hydrogen (secondary N) is 2. The predicted octanol–water partition coefficient (Wildman–Crippen LogP) is 5.81. The Kier molecular flexibility index (Phi) is 9.42. The first-order valence-corrected chi connectivity index (χ1v) is 12.7. The summed E-state index contributed by atoms with van der Waals surface area (Å²) in [4.78, 5) is 42.8. The maximum absolute atomic E-state index is 15.0. The number of hydrogen-bond donors (Lipinski definition) is 2. The van der Waals surface area contributed by atoms with Gasteiger partial charge in [0.15, 0.2) is 17.7 Å². The molecule has 2 amide bonds. The maximum atomic E-state index is 15.0. The molecule has 2 aromatic carbocycles. The third-order valence-corrected chi connectivity index (χ3v) is 5.16. The minimum absolute atomic E-state index is 0.0172. The molecule has 0 fully saturated rings. The van der Waals surface area contributed by atoms with Gasteiger partial charge in [-0.15, -0.1) is 0 Å². The number of aliphatic imine (C=N–C) groups is 1. The van der Waals surface area contributed by atoms with Crippen molar-refractivity contribution in [2.45, 2.75) is 52.7 Å². The number of alkyl carbamates (subject to hydrolysis) is 2. The van der Waals surface area contributed by atoms with Gasteiger partial charge < -0.3 is 14.7 Å². The van der Waals surface area contributed by atoms with E-state index >= 15 is 0 Å². The summed E-state index contributed by atoms with van der Waals surface area (Å²) >= 11 is 0. The number of rotatable bonds is 4. The van der Waals surface area contributed by atoms with Gasteiger partial charge >= 0.3 is 12.2 Å². The number of nitrogens with zero attached hydrogens (tertiary/aromatic N) is 2. The van der Waals surface area contributed by atoms with E-state index in [1.54, 1.807) is 0 Å². The van der Waals surface area contributed by atoms with Gasteiger partial charge in [-0.1, -0.05) is 6.07 Å². The van der Waals surface area contributed by atoms with E-state index in [4.69, 9.17) is 9.47 Å². The average molecular weight is 605 g/mol. The summed E-state index contributed by atoms with van der Waals surface area (Å²) in [6.07, 6.45) is -1.61. The lowest BCUT2D eigenvalue weighted by Crippen LogP contribution is -2.47. The Balaban J connectivity index is 2.35. The number of pyridine rings is 1. The highest BCUT2D eigenvalue weighted by molar-refractivity contribution is 6.14. The first-order valence-electron chi connectivity index (χ1n) is 12.7. The predicted molar refractivity (Wildman–Crippen MR) is 146 cm³/mol. The third-order valence-electron chi connectivity index (χ3n) is 5.16. The highest BCUT2D eigenvalue weighted by atomic mass is 19.1. The van der Waals surface area contributed by atoms with Crippen LogP contribution in [0, 0.1) is 28.5 Å². The molecule has 0 bridgehead atoms. The number of ketones is 1. The average Bonchev–Trinajstić information content (AvgIpc) is 2.82. The zero-order valence-electron chi connectivity index (χ0n) is 24.0. The van der Waals surface area contributed by atoms with Crippen molar-refractivity contribution < 1.29 is 46.1 Å². The largest absolute Gasteiger partial charge is 0.618 e. The quantitative estimate of drug-likeness (QED) is 0.0965. The number of guanidine groups is 1. The number of benzene rings is 2. The molecule has 0 radical (unpaired) electrons. The Morgan fingerprint density at radius 1 is 0.791 bits per heavy atom. The SMILES string of the molecule is CC(C)(C)OC(=O)NC(=Nc1c(C(=O)c2ccc(F)cc2F)cc[n+]([O-])c1-c1c(F)cccc1F)NC(=O)OC(C)(C)C. The second-order valence-corrected chi connectivity index (χ2v) is 11.0. The van der Waals surface area contributed by atoms with Crippen LogP contribution in [-0.4, -0.2) is 35.1 Å². The second kappa shape index (κ2) is 12.5. The van der Waals surface area contributed by atoms with Gasteiger partial charge in [0, 0.05) is 12.1 Å². The number of amides is 2. The summed E-state index contributed by atoms with van der Waals surface area (Å²) in [5.74, 6) is -6.71. The van der Waals surface area contributed by atoms with Crippen molar-refractivity contribution in [1.82, 2.24) is 10.6 Å². The topological polar surface area (TPSA) is 133 Å². The standard InChI is InChI=1S/C29H28F4N4O6/c1-28(2,3)42-26(39)35-25(36-27(40)43-29(4,5)6)34-22-17(24(38)16-11-10-15(30)14-20(16)33)12-13-37(41)23(22)21-18(31)8-7-9-19(21)32/h7-14H,1-6H3,(H2,34,35,36,39,40). The van der Waals surface area contributed by atoms with Crippen LogP contribution in [-0.2, 0) is 9.47 Å². The zero-order chi connectivity index (χ0) is 32.3. The molecule has 0 atom stereocenters. The molecule has 0 aliphatic heterocycles. The molecule has 0 aliphatic carbocycles. The molecule has 0 unspecified atom stereocenters. The zero-order valence-corrected chi connectivity index (χ0v) is 24.0. The van der Waals surface area contributed by atoms with Crippen LogP contribution in [0.15, 0.2) is 53.7 Å². The Labute approximate surface area is 243 Å². The summed E-state index contributed by atoms with van der Waals surface area (Å²) in [6, 6.07) is 5.61. The van der Waals surface area contributed by atoms with E-state index in [0.29, 0.717) is 6.07 Å². The highest BCUT2D eigenvalue weighted by Crippen LogP contribution is 2.35. The van der Waals surface area contributed by atoms with Crippen molar-refractivity contribution in [2.75, 3.05) is 0 Å². The Morgan fingerprint density at radius 3 is 1.81 bits per heavy atom. The van der Waals surface area contributed by atoms with Gasteiger partial charge in [-0.2, -0.15) is 4.73 Å². The van der Waals surface area contributed by atoms with Crippen LogP contribution >= 0.6 is 0 Å². The molecule has 0 aliphatic rings. The fourth-order valence-electron chi connectivity index (χ4n) is 3.59. The fourth-order valence-corrected chi connectivity index (χ4v) is 3.59. The van der Waals surface area contributed by atoms with Gasteiger partial charge in [0.2, 0.25) is 5.96 Å². The van der Waals surface area contributed by atoms with Crippen molar-refractivity contribution in [3.05, 3.63) is 88.3 Å². The molecule has 0 spiro atoms. The van der Waals surface area contributed by atoms with Gasteiger partial charge in [-0.05, 0) is 65.8 Å². The number of carbonyl (C=O) groups excluding carboxylic acids is 3. The van der Waals surface area contributed by atoms with E-state index in [2.05, 4.69) is 15.6 Å². The molecular weight excluding hydrogens is 576 g/mol. The lowest BCUT2D eigenvalue weighted by Gasteiger charge is -2.22. The Morgan fingerprint density at radius 2 is 1.33 bits per heavy atom.